The minimum absolute atomic E-state index is 0.0561. The smallest absolute Gasteiger partial charge is 0.265 e. The van der Waals surface area contributed by atoms with Gasteiger partial charge >= 0.3 is 0 Å². The Hall–Kier alpha value is -5.22. The molecule has 8 aromatic rings. The predicted molar refractivity (Wildman–Crippen MR) is 156 cm³/mol. The summed E-state index contributed by atoms with van der Waals surface area (Å²) in [6.07, 6.45) is 1.82. The van der Waals surface area contributed by atoms with E-state index in [1.54, 1.807) is 4.40 Å². The number of hydrogen-bond donors (Lipinski definition) is 0. The van der Waals surface area contributed by atoms with Crippen molar-refractivity contribution < 1.29 is 0 Å². The van der Waals surface area contributed by atoms with Crippen molar-refractivity contribution in [3.8, 4) is 16.8 Å². The molecule has 0 N–H and O–H groups in total. The van der Waals surface area contributed by atoms with Crippen LogP contribution in [0.2, 0.25) is 0 Å². The molecule has 0 saturated carbocycles. The van der Waals surface area contributed by atoms with Gasteiger partial charge in [-0.3, -0.25) is 9.20 Å². The molecule has 0 atom stereocenters. The Balaban J connectivity index is 1.35. The van der Waals surface area contributed by atoms with Crippen molar-refractivity contribution >= 4 is 49.1 Å². The second-order valence-corrected chi connectivity index (χ2v) is 9.67. The zero-order valence-electron chi connectivity index (χ0n) is 20.4. The summed E-state index contributed by atoms with van der Waals surface area (Å²) in [5, 5.41) is 5.04. The van der Waals surface area contributed by atoms with Gasteiger partial charge in [0.15, 0.2) is 0 Å². The highest BCUT2D eigenvalue weighted by Gasteiger charge is 2.14. The molecular formula is C34H21N3O. The average Bonchev–Trinajstić information content (AvgIpc) is 3.31. The van der Waals surface area contributed by atoms with Crippen molar-refractivity contribution in [3.05, 3.63) is 138 Å². The number of aromatic nitrogens is 3. The van der Waals surface area contributed by atoms with Gasteiger partial charge in [-0.15, -0.1) is 0 Å². The molecule has 8 rings (SSSR count). The summed E-state index contributed by atoms with van der Waals surface area (Å²) in [5.41, 5.74) is 6.86. The zero-order valence-corrected chi connectivity index (χ0v) is 20.4. The van der Waals surface area contributed by atoms with Gasteiger partial charge in [0.2, 0.25) is 0 Å². The third-order valence-corrected chi connectivity index (χ3v) is 7.53. The lowest BCUT2D eigenvalue weighted by molar-refractivity contribution is 1.09. The van der Waals surface area contributed by atoms with Crippen LogP contribution in [0.25, 0.3) is 65.9 Å². The van der Waals surface area contributed by atoms with Crippen LogP contribution < -0.4 is 5.56 Å². The van der Waals surface area contributed by atoms with Crippen LogP contribution in [0.5, 0.6) is 0 Å². The summed E-state index contributed by atoms with van der Waals surface area (Å²) in [6, 6.07) is 41.5. The molecule has 38 heavy (non-hydrogen) atoms. The molecule has 0 saturated heterocycles. The van der Waals surface area contributed by atoms with Gasteiger partial charge in [-0.05, 0) is 65.0 Å². The maximum absolute atomic E-state index is 13.6. The van der Waals surface area contributed by atoms with Gasteiger partial charge in [-0.1, -0.05) is 72.8 Å². The van der Waals surface area contributed by atoms with Gasteiger partial charge in [0.1, 0.15) is 5.65 Å². The summed E-state index contributed by atoms with van der Waals surface area (Å²) in [5.74, 6) is 0. The molecule has 0 radical (unpaired) electrons. The third-order valence-electron chi connectivity index (χ3n) is 7.53. The average molecular weight is 488 g/mol. The van der Waals surface area contributed by atoms with E-state index < -0.39 is 0 Å². The number of fused-ring (bicyclic) bond motifs is 7. The van der Waals surface area contributed by atoms with Crippen LogP contribution in [-0.4, -0.2) is 14.0 Å². The largest absolute Gasteiger partial charge is 0.309 e. The monoisotopic (exact) mass is 487 g/mol. The van der Waals surface area contributed by atoms with Crippen molar-refractivity contribution in [2.75, 3.05) is 0 Å². The normalized spacial score (nSPS) is 11.8. The van der Waals surface area contributed by atoms with E-state index in [0.717, 1.165) is 33.1 Å². The van der Waals surface area contributed by atoms with E-state index in [1.807, 2.05) is 54.7 Å². The van der Waals surface area contributed by atoms with Crippen LogP contribution in [0.15, 0.2) is 132 Å². The predicted octanol–water partition coefficient (Wildman–Crippen LogP) is 7.77. The van der Waals surface area contributed by atoms with E-state index in [2.05, 4.69) is 77.4 Å². The minimum atomic E-state index is -0.0561. The van der Waals surface area contributed by atoms with Crippen molar-refractivity contribution in [1.82, 2.24) is 14.0 Å². The molecule has 0 unspecified atom stereocenters. The molecule has 0 bridgehead atoms. The molecule has 0 amide bonds. The highest BCUT2D eigenvalue weighted by molar-refractivity contribution is 6.10. The van der Waals surface area contributed by atoms with Gasteiger partial charge < -0.3 is 4.57 Å². The van der Waals surface area contributed by atoms with Gasteiger partial charge in [0.05, 0.1) is 21.9 Å². The first-order chi connectivity index (χ1) is 18.8. The first-order valence-corrected chi connectivity index (χ1v) is 12.7. The molecule has 178 valence electrons. The molecule has 4 nitrogen and oxygen atoms in total. The number of hydrogen-bond acceptors (Lipinski definition) is 2. The molecule has 0 aliphatic heterocycles. The van der Waals surface area contributed by atoms with Crippen LogP contribution in [0.3, 0.4) is 0 Å². The summed E-state index contributed by atoms with van der Waals surface area (Å²) in [7, 11) is 0. The SMILES string of the molecule is O=c1c2cc(-c3ccc4c(c3)c3ccccc3n4-c3ccccc3)ccc2nc2c3ccccc3ccn12. The van der Waals surface area contributed by atoms with Gasteiger partial charge in [0.25, 0.3) is 5.56 Å². The zero-order chi connectivity index (χ0) is 25.2. The first kappa shape index (κ1) is 20.9. The fraction of sp³-hybridized carbons (Fsp3) is 0. The van der Waals surface area contributed by atoms with E-state index >= 15 is 0 Å². The Kier molecular flexibility index (Phi) is 4.34. The molecule has 5 aromatic carbocycles. The fourth-order valence-electron chi connectivity index (χ4n) is 5.72. The molecule has 3 aromatic heterocycles. The van der Waals surface area contributed by atoms with Crippen molar-refractivity contribution in [2.24, 2.45) is 0 Å². The number of nitrogens with zero attached hydrogens (tertiary/aromatic N) is 3. The van der Waals surface area contributed by atoms with Gasteiger partial charge in [0, 0.05) is 28.0 Å². The van der Waals surface area contributed by atoms with Crippen molar-refractivity contribution in [1.29, 1.82) is 0 Å². The van der Waals surface area contributed by atoms with Crippen molar-refractivity contribution in [2.45, 2.75) is 0 Å². The van der Waals surface area contributed by atoms with Gasteiger partial charge in [-0.25, -0.2) is 4.98 Å². The Morgan fingerprint density at radius 2 is 1.24 bits per heavy atom. The maximum Gasteiger partial charge on any atom is 0.265 e. The highest BCUT2D eigenvalue weighted by atomic mass is 16.1. The number of para-hydroxylation sites is 2. The van der Waals surface area contributed by atoms with Crippen LogP contribution in [0.4, 0.5) is 0 Å². The third kappa shape index (κ3) is 2.98. The fourth-order valence-corrected chi connectivity index (χ4v) is 5.72. The lowest BCUT2D eigenvalue weighted by Crippen LogP contribution is -2.15. The number of pyridine rings is 1. The molecule has 0 aliphatic rings. The number of benzene rings is 5. The van der Waals surface area contributed by atoms with Crippen LogP contribution in [0, 0.1) is 0 Å². The second kappa shape index (κ2) is 7.89. The Morgan fingerprint density at radius 3 is 2.11 bits per heavy atom. The molecule has 0 fully saturated rings. The summed E-state index contributed by atoms with van der Waals surface area (Å²) in [6.45, 7) is 0. The maximum atomic E-state index is 13.6. The summed E-state index contributed by atoms with van der Waals surface area (Å²) < 4.78 is 3.97. The molecule has 4 heteroatoms. The summed E-state index contributed by atoms with van der Waals surface area (Å²) >= 11 is 0. The van der Waals surface area contributed by atoms with E-state index in [9.17, 15) is 4.79 Å². The highest BCUT2D eigenvalue weighted by Crippen LogP contribution is 2.35. The first-order valence-electron chi connectivity index (χ1n) is 12.7. The second-order valence-electron chi connectivity index (χ2n) is 9.67. The van der Waals surface area contributed by atoms with Gasteiger partial charge in [-0.2, -0.15) is 0 Å². The molecule has 0 aliphatic carbocycles. The molecular weight excluding hydrogens is 466 g/mol. The van der Waals surface area contributed by atoms with Crippen LogP contribution >= 0.6 is 0 Å². The van der Waals surface area contributed by atoms with Crippen LogP contribution in [0.1, 0.15) is 0 Å². The van der Waals surface area contributed by atoms with E-state index in [4.69, 9.17) is 4.98 Å². The standard InChI is InChI=1S/C34H21N3O/c38-34-29-21-23(14-16-30(29)35-33-26-11-5-4-8-22(26)18-19-36(33)34)24-15-17-32-28(20-24)27-12-6-7-13-31(27)37(32)25-9-2-1-3-10-25/h1-21H. The van der Waals surface area contributed by atoms with E-state index in [-0.39, 0.29) is 5.56 Å². The Morgan fingerprint density at radius 1 is 0.553 bits per heavy atom. The molecule has 0 spiro atoms. The topological polar surface area (TPSA) is 39.3 Å². The quantitative estimate of drug-likeness (QED) is 0.185. The molecule has 3 heterocycles. The Bertz CT molecular complexity index is 2260. The van der Waals surface area contributed by atoms with Crippen LogP contribution in [-0.2, 0) is 0 Å². The minimum Gasteiger partial charge on any atom is -0.309 e. The van der Waals surface area contributed by atoms with E-state index in [0.29, 0.717) is 16.6 Å². The summed E-state index contributed by atoms with van der Waals surface area (Å²) in [4.78, 5) is 18.5. The Labute approximate surface area is 217 Å². The number of rotatable bonds is 2. The lowest BCUT2D eigenvalue weighted by Gasteiger charge is -2.09. The lowest BCUT2D eigenvalue weighted by atomic mass is 10.0. The van der Waals surface area contributed by atoms with E-state index in [1.165, 1.54) is 16.3 Å². The van der Waals surface area contributed by atoms with Crippen molar-refractivity contribution in [3.63, 3.8) is 0 Å².